The second-order valence-electron chi connectivity index (χ2n) is 5.34. The van der Waals surface area contributed by atoms with Crippen molar-refractivity contribution in [3.05, 3.63) is 0 Å². The highest BCUT2D eigenvalue weighted by molar-refractivity contribution is 5.75. The summed E-state index contributed by atoms with van der Waals surface area (Å²) in [7, 11) is 4.02. The van der Waals surface area contributed by atoms with Gasteiger partial charge < -0.3 is 20.6 Å². The number of hydrogen-bond acceptors (Lipinski definition) is 3. The Balaban J connectivity index is 3.71. The third kappa shape index (κ3) is 9.30. The van der Waals surface area contributed by atoms with Gasteiger partial charge in [-0.1, -0.05) is 13.8 Å². The molecule has 0 saturated heterocycles. The zero-order valence-corrected chi connectivity index (χ0v) is 12.4. The number of aliphatic carboxylic acids is 1. The molecule has 0 bridgehead atoms. The minimum Gasteiger partial charge on any atom is -0.481 e. The minimum atomic E-state index is -0.874. The van der Waals surface area contributed by atoms with Crippen molar-refractivity contribution in [2.24, 2.45) is 11.8 Å². The van der Waals surface area contributed by atoms with Crippen LogP contribution in [-0.4, -0.2) is 55.7 Å². The molecule has 6 nitrogen and oxygen atoms in total. The van der Waals surface area contributed by atoms with E-state index in [4.69, 9.17) is 5.11 Å². The summed E-state index contributed by atoms with van der Waals surface area (Å²) < 4.78 is 0. The summed E-state index contributed by atoms with van der Waals surface area (Å²) in [6, 6.07) is -0.295. The molecule has 19 heavy (non-hydrogen) atoms. The first-order chi connectivity index (χ1) is 8.84. The second kappa shape index (κ2) is 9.61. The van der Waals surface area contributed by atoms with Gasteiger partial charge in [0.1, 0.15) is 0 Å². The molecule has 0 fully saturated rings. The minimum absolute atomic E-state index is 0.00195. The Morgan fingerprint density at radius 3 is 2.26 bits per heavy atom. The highest BCUT2D eigenvalue weighted by atomic mass is 16.4. The molecule has 2 amide bonds. The molecular formula is C13H27N3O3. The third-order valence-corrected chi connectivity index (χ3v) is 2.92. The lowest BCUT2D eigenvalue weighted by Gasteiger charge is -2.17. The van der Waals surface area contributed by atoms with E-state index in [-0.39, 0.29) is 18.5 Å². The van der Waals surface area contributed by atoms with Crippen LogP contribution in [0.15, 0.2) is 0 Å². The molecule has 1 unspecified atom stereocenters. The van der Waals surface area contributed by atoms with Gasteiger partial charge in [-0.25, -0.2) is 4.79 Å². The van der Waals surface area contributed by atoms with Gasteiger partial charge in [0.15, 0.2) is 0 Å². The van der Waals surface area contributed by atoms with E-state index in [2.05, 4.69) is 15.5 Å². The van der Waals surface area contributed by atoms with Gasteiger partial charge in [0, 0.05) is 13.1 Å². The number of unbranched alkanes of at least 4 members (excludes halogenated alkanes) is 1. The lowest BCUT2D eigenvalue weighted by atomic mass is 9.96. The first-order valence-electron chi connectivity index (χ1n) is 6.73. The third-order valence-electron chi connectivity index (χ3n) is 2.92. The number of hydrogen-bond donors (Lipinski definition) is 3. The van der Waals surface area contributed by atoms with Gasteiger partial charge in [-0.15, -0.1) is 0 Å². The topological polar surface area (TPSA) is 81.7 Å². The van der Waals surface area contributed by atoms with Crippen LogP contribution in [-0.2, 0) is 4.79 Å². The average Bonchev–Trinajstić information content (AvgIpc) is 2.27. The number of carbonyl (C=O) groups excluding carboxylic acids is 1. The molecule has 0 aromatic carbocycles. The normalized spacial score (nSPS) is 12.5. The van der Waals surface area contributed by atoms with E-state index in [9.17, 15) is 9.59 Å². The molecule has 0 aliphatic heterocycles. The molecule has 0 radical (unpaired) electrons. The van der Waals surface area contributed by atoms with Crippen LogP contribution >= 0.6 is 0 Å². The largest absolute Gasteiger partial charge is 0.481 e. The van der Waals surface area contributed by atoms with Gasteiger partial charge >= 0.3 is 12.0 Å². The zero-order valence-electron chi connectivity index (χ0n) is 12.4. The van der Waals surface area contributed by atoms with Crippen molar-refractivity contribution in [3.8, 4) is 0 Å². The van der Waals surface area contributed by atoms with Gasteiger partial charge in [0.05, 0.1) is 5.92 Å². The lowest BCUT2D eigenvalue weighted by molar-refractivity contribution is -0.142. The summed E-state index contributed by atoms with van der Waals surface area (Å²) in [5.41, 5.74) is 0. The van der Waals surface area contributed by atoms with Gasteiger partial charge in [-0.2, -0.15) is 0 Å². The Bertz CT molecular complexity index is 280. The fraction of sp³-hybridized carbons (Fsp3) is 0.846. The van der Waals surface area contributed by atoms with E-state index in [0.29, 0.717) is 6.54 Å². The van der Waals surface area contributed by atoms with E-state index < -0.39 is 11.9 Å². The van der Waals surface area contributed by atoms with Gasteiger partial charge in [-0.3, -0.25) is 4.79 Å². The van der Waals surface area contributed by atoms with E-state index in [1.54, 1.807) is 0 Å². The quantitative estimate of drug-likeness (QED) is 0.547. The van der Waals surface area contributed by atoms with Crippen LogP contribution in [0.1, 0.15) is 26.7 Å². The predicted octanol–water partition coefficient (Wildman–Crippen LogP) is 0.984. The van der Waals surface area contributed by atoms with Crippen LogP contribution in [0.5, 0.6) is 0 Å². The summed E-state index contributed by atoms with van der Waals surface area (Å²) >= 11 is 0. The molecule has 0 aromatic rings. The molecule has 6 heteroatoms. The maximum atomic E-state index is 11.5. The summed E-state index contributed by atoms with van der Waals surface area (Å²) in [6.07, 6.45) is 1.94. The molecule has 3 N–H and O–H groups in total. The maximum absolute atomic E-state index is 11.5. The Morgan fingerprint density at radius 1 is 1.16 bits per heavy atom. The maximum Gasteiger partial charge on any atom is 0.314 e. The molecule has 0 spiro atoms. The number of rotatable bonds is 9. The van der Waals surface area contributed by atoms with E-state index in [0.717, 1.165) is 19.4 Å². The van der Waals surface area contributed by atoms with Crippen molar-refractivity contribution in [3.63, 3.8) is 0 Å². The van der Waals surface area contributed by atoms with Gasteiger partial charge in [-0.05, 0) is 39.4 Å². The Kier molecular flexibility index (Phi) is 8.95. The van der Waals surface area contributed by atoms with Crippen LogP contribution in [0.3, 0.4) is 0 Å². The molecule has 0 aromatic heterocycles. The summed E-state index contributed by atoms with van der Waals surface area (Å²) in [6.45, 7) is 5.44. The number of carbonyl (C=O) groups is 2. The first-order valence-corrected chi connectivity index (χ1v) is 6.73. The number of urea groups is 1. The molecule has 0 aliphatic rings. The smallest absolute Gasteiger partial charge is 0.314 e. The SMILES string of the molecule is CC(C)C(CNC(=O)NCCCCN(C)C)C(=O)O. The van der Waals surface area contributed by atoms with E-state index in [1.807, 2.05) is 27.9 Å². The van der Waals surface area contributed by atoms with E-state index >= 15 is 0 Å². The van der Waals surface area contributed by atoms with Crippen molar-refractivity contribution in [1.29, 1.82) is 0 Å². The van der Waals surface area contributed by atoms with Crippen LogP contribution in [0, 0.1) is 11.8 Å². The zero-order chi connectivity index (χ0) is 14.8. The molecule has 0 heterocycles. The molecule has 0 rings (SSSR count). The Hall–Kier alpha value is -1.30. The number of nitrogens with one attached hydrogen (secondary N) is 2. The number of carboxylic acids is 1. The fourth-order valence-corrected chi connectivity index (χ4v) is 1.63. The highest BCUT2D eigenvalue weighted by Crippen LogP contribution is 2.09. The number of amides is 2. The van der Waals surface area contributed by atoms with Gasteiger partial charge in [0.2, 0.25) is 0 Å². The molecule has 1 atom stereocenters. The van der Waals surface area contributed by atoms with Crippen LogP contribution in [0.2, 0.25) is 0 Å². The van der Waals surface area contributed by atoms with Crippen molar-refractivity contribution >= 4 is 12.0 Å². The Morgan fingerprint density at radius 2 is 1.79 bits per heavy atom. The molecule has 0 saturated carbocycles. The average molecular weight is 273 g/mol. The second-order valence-corrected chi connectivity index (χ2v) is 5.34. The Labute approximate surface area is 115 Å². The number of carboxylic acid groups (broad SMARTS) is 1. The van der Waals surface area contributed by atoms with Crippen molar-refractivity contribution < 1.29 is 14.7 Å². The van der Waals surface area contributed by atoms with Crippen molar-refractivity contribution in [1.82, 2.24) is 15.5 Å². The summed E-state index contributed by atoms with van der Waals surface area (Å²) in [4.78, 5) is 24.5. The highest BCUT2D eigenvalue weighted by Gasteiger charge is 2.21. The standard InChI is InChI=1S/C13H27N3O3/c1-10(2)11(12(17)18)9-15-13(19)14-7-5-6-8-16(3)4/h10-11H,5-9H2,1-4H3,(H,17,18)(H2,14,15,19). The molecule has 112 valence electrons. The van der Waals surface area contributed by atoms with Crippen molar-refractivity contribution in [2.75, 3.05) is 33.7 Å². The number of nitrogens with zero attached hydrogens (tertiary/aromatic N) is 1. The summed E-state index contributed by atoms with van der Waals surface area (Å²) in [5, 5.41) is 14.3. The van der Waals surface area contributed by atoms with Crippen LogP contribution in [0.4, 0.5) is 4.79 Å². The molecule has 0 aliphatic carbocycles. The predicted molar refractivity (Wildman–Crippen MR) is 75.2 cm³/mol. The summed E-state index contributed by atoms with van der Waals surface area (Å²) in [5.74, 6) is -1.42. The molecular weight excluding hydrogens is 246 g/mol. The van der Waals surface area contributed by atoms with Crippen molar-refractivity contribution in [2.45, 2.75) is 26.7 Å². The lowest BCUT2D eigenvalue weighted by Crippen LogP contribution is -2.41. The van der Waals surface area contributed by atoms with E-state index in [1.165, 1.54) is 0 Å². The fourth-order valence-electron chi connectivity index (χ4n) is 1.63. The first kappa shape index (κ1) is 17.7. The van der Waals surface area contributed by atoms with Crippen LogP contribution in [0.25, 0.3) is 0 Å². The van der Waals surface area contributed by atoms with Crippen LogP contribution < -0.4 is 10.6 Å². The monoisotopic (exact) mass is 273 g/mol. The van der Waals surface area contributed by atoms with Gasteiger partial charge in [0.25, 0.3) is 0 Å².